The van der Waals surface area contributed by atoms with Crippen LogP contribution in [-0.4, -0.2) is 43.3 Å². The molecular weight excluding hydrogens is 457 g/mol. The molecule has 0 aliphatic carbocycles. The van der Waals surface area contributed by atoms with E-state index in [1.54, 1.807) is 12.1 Å². The van der Waals surface area contributed by atoms with Gasteiger partial charge in [0.05, 0.1) is 18.4 Å². The van der Waals surface area contributed by atoms with Crippen LogP contribution in [0.3, 0.4) is 0 Å². The molecule has 2 aromatic carbocycles. The summed E-state index contributed by atoms with van der Waals surface area (Å²) >= 11 is 1.41. The molecule has 1 heterocycles. The molecule has 0 unspecified atom stereocenters. The number of hydrogen-bond acceptors (Lipinski definition) is 5. The van der Waals surface area contributed by atoms with Crippen LogP contribution in [0.2, 0.25) is 18.1 Å². The molecule has 0 N–H and O–H groups in total. The molecule has 1 saturated heterocycles. The average molecular weight is 490 g/mol. The van der Waals surface area contributed by atoms with Gasteiger partial charge in [0.1, 0.15) is 11.9 Å². The Morgan fingerprint density at radius 2 is 1.82 bits per heavy atom. The van der Waals surface area contributed by atoms with Gasteiger partial charge in [-0.1, -0.05) is 63.2 Å². The van der Waals surface area contributed by atoms with Gasteiger partial charge in [-0.3, -0.25) is 4.79 Å². The van der Waals surface area contributed by atoms with Gasteiger partial charge in [-0.2, -0.15) is 0 Å². The second kappa shape index (κ2) is 10.4. The fraction of sp³-hybridized carbons (Fsp3) is 0.440. The van der Waals surface area contributed by atoms with Gasteiger partial charge < -0.3 is 9.16 Å². The maximum Gasteiger partial charge on any atom is 0.417 e. The molecule has 0 spiro atoms. The Labute approximate surface area is 200 Å². The highest BCUT2D eigenvalue weighted by Gasteiger charge is 2.40. The molecule has 33 heavy (non-hydrogen) atoms. The molecule has 2 atom stereocenters. The lowest BCUT2D eigenvalue weighted by molar-refractivity contribution is -0.125. The van der Waals surface area contributed by atoms with E-state index in [0.29, 0.717) is 5.75 Å². The van der Waals surface area contributed by atoms with Crippen molar-refractivity contribution < 1.29 is 23.1 Å². The van der Waals surface area contributed by atoms with E-state index in [4.69, 9.17) is 9.16 Å². The van der Waals surface area contributed by atoms with E-state index in [9.17, 15) is 14.0 Å². The molecule has 178 valence electrons. The van der Waals surface area contributed by atoms with Crippen molar-refractivity contribution in [3.05, 3.63) is 71.5 Å². The number of thioether (sulfide) groups is 1. The van der Waals surface area contributed by atoms with Gasteiger partial charge in [0.25, 0.3) is 0 Å². The Bertz CT molecular complexity index is 963. The number of halogens is 1. The van der Waals surface area contributed by atoms with E-state index < -0.39 is 20.5 Å². The predicted molar refractivity (Wildman–Crippen MR) is 132 cm³/mol. The van der Waals surface area contributed by atoms with Gasteiger partial charge in [0, 0.05) is 5.75 Å². The lowest BCUT2D eigenvalue weighted by atomic mass is 10.1. The van der Waals surface area contributed by atoms with E-state index in [1.165, 1.54) is 28.8 Å². The summed E-state index contributed by atoms with van der Waals surface area (Å²) in [5.74, 6) is 0.0751. The second-order valence-electron chi connectivity index (χ2n) is 9.72. The molecular formula is C25H32FNO4SSi. The molecule has 8 heteroatoms. The molecule has 1 fully saturated rings. The minimum atomic E-state index is -2.10. The smallest absolute Gasteiger partial charge is 0.417 e. The van der Waals surface area contributed by atoms with Crippen molar-refractivity contribution in [3.8, 4) is 0 Å². The largest absolute Gasteiger partial charge is 0.439 e. The highest BCUT2D eigenvalue weighted by Crippen LogP contribution is 2.40. The minimum absolute atomic E-state index is 0.0114. The number of ether oxygens (including phenoxy) is 1. The van der Waals surface area contributed by atoms with Gasteiger partial charge in [-0.05, 0) is 41.4 Å². The average Bonchev–Trinajstić information content (AvgIpc) is 3.15. The number of carbonyl (C=O) groups excluding carboxylic acids is 2. The normalized spacial score (nSPS) is 17.7. The summed E-state index contributed by atoms with van der Waals surface area (Å²) in [4.78, 5) is 26.2. The van der Waals surface area contributed by atoms with Gasteiger partial charge in [-0.15, -0.1) is 11.8 Å². The van der Waals surface area contributed by atoms with Gasteiger partial charge in [-0.25, -0.2) is 14.1 Å². The minimum Gasteiger partial charge on any atom is -0.439 e. The molecule has 1 aliphatic rings. The van der Waals surface area contributed by atoms with Gasteiger partial charge in [0.2, 0.25) is 5.91 Å². The lowest BCUT2D eigenvalue weighted by Crippen LogP contribution is -2.42. The molecule has 2 aromatic rings. The summed E-state index contributed by atoms with van der Waals surface area (Å²) in [6.45, 7) is 11.1. The van der Waals surface area contributed by atoms with Crippen LogP contribution < -0.4 is 0 Å². The number of imide groups is 1. The summed E-state index contributed by atoms with van der Waals surface area (Å²) < 4.78 is 25.5. The van der Waals surface area contributed by atoms with Crippen LogP contribution in [0.15, 0.2) is 54.6 Å². The predicted octanol–water partition coefficient (Wildman–Crippen LogP) is 6.34. The van der Waals surface area contributed by atoms with Gasteiger partial charge in [0.15, 0.2) is 8.32 Å². The third-order valence-electron chi connectivity index (χ3n) is 6.26. The maximum absolute atomic E-state index is 13.5. The zero-order chi connectivity index (χ0) is 24.2. The van der Waals surface area contributed by atoms with E-state index in [0.717, 1.165) is 11.1 Å². The molecule has 2 amide bonds. The fourth-order valence-corrected chi connectivity index (χ4v) is 5.57. The monoisotopic (exact) mass is 489 g/mol. The summed E-state index contributed by atoms with van der Waals surface area (Å²) in [5, 5.41) is 0.0114. The molecule has 0 bridgehead atoms. The highest BCUT2D eigenvalue weighted by atomic mass is 32.2. The third kappa shape index (κ3) is 6.46. The van der Waals surface area contributed by atoms with Gasteiger partial charge >= 0.3 is 6.09 Å². The van der Waals surface area contributed by atoms with Crippen molar-refractivity contribution in [2.45, 2.75) is 51.1 Å². The number of cyclic esters (lactones) is 1. The first-order valence-corrected chi connectivity index (χ1v) is 15.1. The van der Waals surface area contributed by atoms with Crippen molar-refractivity contribution in [3.63, 3.8) is 0 Å². The van der Waals surface area contributed by atoms with Crippen molar-refractivity contribution >= 4 is 32.1 Å². The van der Waals surface area contributed by atoms with E-state index in [-0.39, 0.29) is 35.2 Å². The summed E-state index contributed by atoms with van der Waals surface area (Å²) in [7, 11) is -2.10. The Morgan fingerprint density at radius 3 is 2.42 bits per heavy atom. The standard InChI is InChI=1S/C25H32FNO4SSi/c1-25(2,3)33(4,5)31-22(19-11-13-20(26)14-12-19)16-32-17-23(28)27-15-21(30-24(27)29)18-9-7-6-8-10-18/h6-14,21-22H,15-17H2,1-5H3/t21-,22-/m1/s1. The maximum atomic E-state index is 13.5. The van der Waals surface area contributed by atoms with Crippen LogP contribution in [0, 0.1) is 5.82 Å². The third-order valence-corrected chi connectivity index (χ3v) is 11.7. The SMILES string of the molecule is CC(C)(C)[Si](C)(C)O[C@H](CSCC(=O)N1C[C@H](c2ccccc2)OC1=O)c1ccc(F)cc1. The van der Waals surface area contributed by atoms with E-state index in [1.807, 2.05) is 30.3 Å². The van der Waals surface area contributed by atoms with Crippen LogP contribution >= 0.6 is 11.8 Å². The summed E-state index contributed by atoms with van der Waals surface area (Å²) in [6.07, 6.45) is -1.32. The lowest BCUT2D eigenvalue weighted by Gasteiger charge is -2.39. The van der Waals surface area contributed by atoms with Crippen LogP contribution in [0.1, 0.15) is 44.1 Å². The zero-order valence-corrected chi connectivity index (χ0v) is 21.7. The Morgan fingerprint density at radius 1 is 1.18 bits per heavy atom. The van der Waals surface area contributed by atoms with E-state index in [2.05, 4.69) is 33.9 Å². The Hall–Kier alpha value is -2.16. The number of hydrogen-bond donors (Lipinski definition) is 0. The number of rotatable bonds is 8. The molecule has 0 saturated carbocycles. The first-order valence-electron chi connectivity index (χ1n) is 11.0. The Kier molecular flexibility index (Phi) is 8.03. The van der Waals surface area contributed by atoms with Crippen LogP contribution in [0.4, 0.5) is 9.18 Å². The zero-order valence-electron chi connectivity index (χ0n) is 19.8. The second-order valence-corrected chi connectivity index (χ2v) is 15.5. The van der Waals surface area contributed by atoms with Crippen LogP contribution in [0.5, 0.6) is 0 Å². The molecule has 5 nitrogen and oxygen atoms in total. The number of nitrogens with zero attached hydrogens (tertiary/aromatic N) is 1. The topological polar surface area (TPSA) is 55.8 Å². The first-order chi connectivity index (χ1) is 15.5. The van der Waals surface area contributed by atoms with E-state index >= 15 is 0 Å². The van der Waals surface area contributed by atoms with Crippen molar-refractivity contribution in [1.82, 2.24) is 4.90 Å². The fourth-order valence-electron chi connectivity index (χ4n) is 3.25. The van der Waals surface area contributed by atoms with Crippen molar-refractivity contribution in [2.24, 2.45) is 0 Å². The van der Waals surface area contributed by atoms with Crippen LogP contribution in [0.25, 0.3) is 0 Å². The van der Waals surface area contributed by atoms with Crippen molar-refractivity contribution in [1.29, 1.82) is 0 Å². The number of carbonyl (C=O) groups is 2. The first kappa shape index (κ1) is 25.5. The summed E-state index contributed by atoms with van der Waals surface area (Å²) in [5.41, 5.74) is 1.75. The Balaban J connectivity index is 1.62. The summed E-state index contributed by atoms with van der Waals surface area (Å²) in [6, 6.07) is 15.7. The molecule has 3 rings (SSSR count). The quantitative estimate of drug-likeness (QED) is 0.405. The number of benzene rings is 2. The molecule has 0 radical (unpaired) electrons. The highest BCUT2D eigenvalue weighted by molar-refractivity contribution is 7.99. The molecule has 1 aliphatic heterocycles. The number of amides is 2. The van der Waals surface area contributed by atoms with Crippen molar-refractivity contribution in [2.75, 3.05) is 18.1 Å². The van der Waals surface area contributed by atoms with Crippen LogP contribution in [-0.2, 0) is 14.0 Å². The molecule has 0 aromatic heterocycles.